The van der Waals surface area contributed by atoms with Gasteiger partial charge in [0.25, 0.3) is 11.6 Å². The van der Waals surface area contributed by atoms with Gasteiger partial charge in [-0.15, -0.1) is 0 Å². The number of nitrogens with one attached hydrogen (secondary N) is 2. The van der Waals surface area contributed by atoms with Crippen LogP contribution < -0.4 is 10.6 Å². The summed E-state index contributed by atoms with van der Waals surface area (Å²) in [6.07, 6.45) is -0.321. The Balaban J connectivity index is 2.40. The van der Waals surface area contributed by atoms with E-state index in [1.807, 2.05) is 0 Å². The lowest BCUT2D eigenvalue weighted by atomic mass is 10.1. The molecule has 0 radical (unpaired) electrons. The van der Waals surface area contributed by atoms with E-state index < -0.39 is 23.4 Å². The molecule has 0 atom stereocenters. The molecule has 0 fully saturated rings. The molecule has 0 bridgehead atoms. The largest absolute Gasteiger partial charge is 0.455 e. The van der Waals surface area contributed by atoms with Crippen LogP contribution in [0.2, 0.25) is 0 Å². The minimum Gasteiger partial charge on any atom is -0.455 e. The van der Waals surface area contributed by atoms with Crippen molar-refractivity contribution in [2.45, 2.75) is 26.3 Å². The second-order valence-corrected chi connectivity index (χ2v) is 5.22. The van der Waals surface area contributed by atoms with Crippen LogP contribution in [0.15, 0.2) is 24.3 Å². The quantitative estimate of drug-likeness (QED) is 0.399. The van der Waals surface area contributed by atoms with Crippen molar-refractivity contribution in [1.82, 2.24) is 10.6 Å². The molecule has 1 aromatic carbocycles. The highest BCUT2D eigenvalue weighted by molar-refractivity contribution is 5.86. The first-order valence-corrected chi connectivity index (χ1v) is 7.23. The number of esters is 1. The van der Waals surface area contributed by atoms with E-state index in [9.17, 15) is 24.5 Å². The number of carbonyl (C=O) groups is 3. The van der Waals surface area contributed by atoms with Crippen LogP contribution in [-0.2, 0) is 25.5 Å². The lowest BCUT2D eigenvalue weighted by Crippen LogP contribution is -2.41. The summed E-state index contributed by atoms with van der Waals surface area (Å²) in [5.74, 6) is -1.76. The van der Waals surface area contributed by atoms with Crippen LogP contribution in [-0.4, -0.2) is 41.9 Å². The van der Waals surface area contributed by atoms with Gasteiger partial charge in [0.1, 0.15) is 0 Å². The Kier molecular flexibility index (Phi) is 7.34. The van der Waals surface area contributed by atoms with Crippen molar-refractivity contribution in [2.75, 3.05) is 13.2 Å². The van der Waals surface area contributed by atoms with Gasteiger partial charge in [0.2, 0.25) is 5.91 Å². The summed E-state index contributed by atoms with van der Waals surface area (Å²) in [4.78, 5) is 44.8. The summed E-state index contributed by atoms with van der Waals surface area (Å²) in [6.45, 7) is 2.78. The summed E-state index contributed by atoms with van der Waals surface area (Å²) in [6, 6.07) is 5.73. The van der Waals surface area contributed by atoms with Crippen molar-refractivity contribution >= 4 is 23.5 Å². The number of para-hydroxylation sites is 1. The maximum absolute atomic E-state index is 11.7. The van der Waals surface area contributed by atoms with E-state index in [1.54, 1.807) is 19.9 Å². The van der Waals surface area contributed by atoms with E-state index in [1.165, 1.54) is 18.2 Å². The highest BCUT2D eigenvalue weighted by Gasteiger charge is 2.17. The Bertz CT molecular complexity index is 629. The van der Waals surface area contributed by atoms with Crippen LogP contribution in [0.25, 0.3) is 0 Å². The minimum atomic E-state index is -0.772. The molecule has 0 unspecified atom stereocenters. The van der Waals surface area contributed by atoms with Crippen molar-refractivity contribution in [3.63, 3.8) is 0 Å². The molecule has 0 saturated heterocycles. The van der Waals surface area contributed by atoms with Gasteiger partial charge in [-0.25, -0.2) is 0 Å². The zero-order chi connectivity index (χ0) is 18.1. The molecule has 0 aliphatic heterocycles. The van der Waals surface area contributed by atoms with Crippen LogP contribution in [0, 0.1) is 10.1 Å². The zero-order valence-electron chi connectivity index (χ0n) is 13.4. The normalized spacial score (nSPS) is 10.1. The number of hydrogen-bond donors (Lipinski definition) is 2. The van der Waals surface area contributed by atoms with Crippen molar-refractivity contribution < 1.29 is 24.0 Å². The van der Waals surface area contributed by atoms with Crippen LogP contribution in [0.5, 0.6) is 0 Å². The molecular formula is C15H19N3O6. The molecule has 0 aliphatic carbocycles. The third-order valence-electron chi connectivity index (χ3n) is 2.78. The number of benzene rings is 1. The van der Waals surface area contributed by atoms with Crippen molar-refractivity contribution in [3.8, 4) is 0 Å². The zero-order valence-corrected chi connectivity index (χ0v) is 13.4. The molecule has 0 aromatic heterocycles. The Morgan fingerprint density at radius 3 is 2.50 bits per heavy atom. The van der Waals surface area contributed by atoms with E-state index in [4.69, 9.17) is 4.74 Å². The van der Waals surface area contributed by atoms with Crippen molar-refractivity contribution in [1.29, 1.82) is 0 Å². The molecule has 1 rings (SSSR count). The Morgan fingerprint density at radius 1 is 1.21 bits per heavy atom. The summed E-state index contributed by atoms with van der Waals surface area (Å²) in [5.41, 5.74) is 0.00785. The molecule has 0 aliphatic rings. The molecule has 0 saturated carbocycles. The molecule has 9 heteroatoms. The van der Waals surface area contributed by atoms with Gasteiger partial charge in [0, 0.05) is 17.7 Å². The molecule has 1 aromatic rings. The Morgan fingerprint density at radius 2 is 1.88 bits per heavy atom. The maximum atomic E-state index is 11.7. The van der Waals surface area contributed by atoms with Crippen molar-refractivity contribution in [3.05, 3.63) is 39.9 Å². The number of nitrogens with zero attached hydrogens (tertiary/aromatic N) is 1. The maximum Gasteiger partial charge on any atom is 0.311 e. The van der Waals surface area contributed by atoms with Crippen LogP contribution in [0.4, 0.5) is 5.69 Å². The molecule has 130 valence electrons. The molecule has 2 amide bonds. The van der Waals surface area contributed by atoms with Crippen LogP contribution >= 0.6 is 0 Å². The second kappa shape index (κ2) is 9.23. The Hall–Kier alpha value is -2.97. The standard InChI is InChI=1S/C15H19N3O6/c1-10(2)17-13(19)8-16-14(20)9-24-15(21)7-11-5-3-4-6-12(11)18(22)23/h3-6,10H,7-9H2,1-2H3,(H,16,20)(H,17,19). The summed E-state index contributed by atoms with van der Waals surface area (Å²) in [5, 5.41) is 15.7. The van der Waals surface area contributed by atoms with E-state index in [0.717, 1.165) is 0 Å². The van der Waals surface area contributed by atoms with Crippen LogP contribution in [0.3, 0.4) is 0 Å². The fourth-order valence-electron chi connectivity index (χ4n) is 1.79. The van der Waals surface area contributed by atoms with E-state index in [2.05, 4.69) is 10.6 Å². The average Bonchev–Trinajstić information content (AvgIpc) is 2.50. The molecule has 24 heavy (non-hydrogen) atoms. The molecule has 0 heterocycles. The molecular weight excluding hydrogens is 318 g/mol. The summed E-state index contributed by atoms with van der Waals surface area (Å²) >= 11 is 0. The third-order valence-corrected chi connectivity index (χ3v) is 2.78. The van der Waals surface area contributed by atoms with E-state index >= 15 is 0 Å². The Labute approximate surface area is 138 Å². The predicted molar refractivity (Wildman–Crippen MR) is 84.0 cm³/mol. The highest BCUT2D eigenvalue weighted by atomic mass is 16.6. The third kappa shape index (κ3) is 6.86. The average molecular weight is 337 g/mol. The van der Waals surface area contributed by atoms with Gasteiger partial charge in [0.15, 0.2) is 6.61 Å². The monoisotopic (exact) mass is 337 g/mol. The van der Waals surface area contributed by atoms with Gasteiger partial charge in [-0.2, -0.15) is 0 Å². The number of nitro benzene ring substituents is 1. The SMILES string of the molecule is CC(C)NC(=O)CNC(=O)COC(=O)Cc1ccccc1[N+](=O)[O-]. The number of nitro groups is 1. The fraction of sp³-hybridized carbons (Fsp3) is 0.400. The van der Waals surface area contributed by atoms with Gasteiger partial charge in [-0.3, -0.25) is 24.5 Å². The number of ether oxygens (including phenoxy) is 1. The van der Waals surface area contributed by atoms with Crippen LogP contribution in [0.1, 0.15) is 19.4 Å². The fourth-order valence-corrected chi connectivity index (χ4v) is 1.79. The number of amides is 2. The lowest BCUT2D eigenvalue weighted by molar-refractivity contribution is -0.385. The topological polar surface area (TPSA) is 128 Å². The smallest absolute Gasteiger partial charge is 0.311 e. The number of hydrogen-bond acceptors (Lipinski definition) is 6. The van der Waals surface area contributed by atoms with Gasteiger partial charge < -0.3 is 15.4 Å². The molecule has 2 N–H and O–H groups in total. The van der Waals surface area contributed by atoms with Gasteiger partial charge in [-0.1, -0.05) is 18.2 Å². The first-order valence-electron chi connectivity index (χ1n) is 7.23. The van der Waals surface area contributed by atoms with Crippen molar-refractivity contribution in [2.24, 2.45) is 0 Å². The highest BCUT2D eigenvalue weighted by Crippen LogP contribution is 2.18. The lowest BCUT2D eigenvalue weighted by Gasteiger charge is -2.09. The molecule has 9 nitrogen and oxygen atoms in total. The summed E-state index contributed by atoms with van der Waals surface area (Å²) < 4.78 is 4.75. The summed E-state index contributed by atoms with van der Waals surface area (Å²) in [7, 11) is 0. The van der Waals surface area contributed by atoms with Gasteiger partial charge in [-0.05, 0) is 13.8 Å². The van der Waals surface area contributed by atoms with Gasteiger partial charge in [0.05, 0.1) is 17.9 Å². The van der Waals surface area contributed by atoms with E-state index in [-0.39, 0.29) is 36.2 Å². The molecule has 0 spiro atoms. The first kappa shape index (κ1) is 19.1. The first-order chi connectivity index (χ1) is 11.3. The minimum absolute atomic E-state index is 0.0473. The number of rotatable bonds is 8. The second-order valence-electron chi connectivity index (χ2n) is 5.22. The van der Waals surface area contributed by atoms with Gasteiger partial charge >= 0.3 is 5.97 Å². The predicted octanol–water partition coefficient (Wildman–Crippen LogP) is 0.321. The number of carbonyl (C=O) groups excluding carboxylic acids is 3. The van der Waals surface area contributed by atoms with E-state index in [0.29, 0.717) is 0 Å².